The molecule has 1 aliphatic heterocycles. The van der Waals surface area contributed by atoms with Crippen LogP contribution in [0.4, 0.5) is 11.4 Å². The Kier molecular flexibility index (Phi) is 6.70. The second-order valence-electron chi connectivity index (χ2n) is 7.03. The highest BCUT2D eigenvalue weighted by atomic mass is 35.5. The minimum atomic E-state index is -0.366. The number of carbonyl (C=O) groups excluding carboxylic acids is 2. The second kappa shape index (κ2) is 9.22. The Labute approximate surface area is 171 Å². The van der Waals surface area contributed by atoms with E-state index in [4.69, 9.17) is 11.6 Å². The molecule has 2 aromatic rings. The van der Waals surface area contributed by atoms with Crippen LogP contribution in [-0.2, 0) is 16.1 Å². The van der Waals surface area contributed by atoms with Gasteiger partial charge in [0.25, 0.3) is 0 Å². The molecule has 0 radical (unpaired) electrons. The van der Waals surface area contributed by atoms with E-state index >= 15 is 0 Å². The molecule has 0 bridgehead atoms. The van der Waals surface area contributed by atoms with Gasteiger partial charge in [0.1, 0.15) is 0 Å². The number of nitrogens with zero attached hydrogens (tertiary/aromatic N) is 2. The van der Waals surface area contributed by atoms with Gasteiger partial charge >= 0.3 is 0 Å². The maximum Gasteiger partial charge on any atom is 0.229 e. The van der Waals surface area contributed by atoms with Crippen molar-refractivity contribution in [2.45, 2.75) is 26.8 Å². The molecule has 0 spiro atoms. The minimum absolute atomic E-state index is 0.0437. The highest BCUT2D eigenvalue weighted by Crippen LogP contribution is 2.27. The fraction of sp³-hybridized carbons (Fsp3) is 0.364. The third-order valence-corrected chi connectivity index (χ3v) is 5.38. The van der Waals surface area contributed by atoms with Crippen molar-refractivity contribution in [2.75, 3.05) is 29.9 Å². The first-order valence-electron chi connectivity index (χ1n) is 9.68. The molecule has 5 nitrogen and oxygen atoms in total. The SMILES string of the molecule is CCN(CC)Cc1cccc(NC(=O)C2CC(=O)N(c3ccc(Cl)cc3)C2)c1. The van der Waals surface area contributed by atoms with Crippen LogP contribution in [-0.4, -0.2) is 36.3 Å². The Balaban J connectivity index is 1.64. The summed E-state index contributed by atoms with van der Waals surface area (Å²) in [7, 11) is 0. The van der Waals surface area contributed by atoms with Gasteiger partial charge in [0.05, 0.1) is 5.92 Å². The molecule has 1 fully saturated rings. The molecule has 1 N–H and O–H groups in total. The number of hydrogen-bond donors (Lipinski definition) is 1. The smallest absolute Gasteiger partial charge is 0.229 e. The molecule has 6 heteroatoms. The van der Waals surface area contributed by atoms with Gasteiger partial charge in [-0.25, -0.2) is 0 Å². The lowest BCUT2D eigenvalue weighted by molar-refractivity contribution is -0.122. The molecule has 1 unspecified atom stereocenters. The number of amides is 2. The Morgan fingerprint density at radius 3 is 2.57 bits per heavy atom. The third-order valence-electron chi connectivity index (χ3n) is 5.13. The van der Waals surface area contributed by atoms with Crippen molar-refractivity contribution < 1.29 is 9.59 Å². The van der Waals surface area contributed by atoms with Crippen LogP contribution in [0.5, 0.6) is 0 Å². The van der Waals surface area contributed by atoms with E-state index in [9.17, 15) is 9.59 Å². The van der Waals surface area contributed by atoms with Gasteiger partial charge in [-0.15, -0.1) is 0 Å². The zero-order valence-corrected chi connectivity index (χ0v) is 17.1. The van der Waals surface area contributed by atoms with Crippen LogP contribution < -0.4 is 10.2 Å². The molecule has 0 aromatic heterocycles. The lowest BCUT2D eigenvalue weighted by Gasteiger charge is -2.19. The van der Waals surface area contributed by atoms with Crippen LogP contribution in [0.15, 0.2) is 48.5 Å². The van der Waals surface area contributed by atoms with Crippen molar-refractivity contribution in [3.63, 3.8) is 0 Å². The number of benzene rings is 2. The molecule has 3 rings (SSSR count). The van der Waals surface area contributed by atoms with Crippen LogP contribution in [0, 0.1) is 5.92 Å². The van der Waals surface area contributed by atoms with Gasteiger partial charge in [-0.3, -0.25) is 14.5 Å². The Bertz CT molecular complexity index is 834. The van der Waals surface area contributed by atoms with Crippen LogP contribution in [0.1, 0.15) is 25.8 Å². The molecule has 2 aromatic carbocycles. The van der Waals surface area contributed by atoms with E-state index in [-0.39, 0.29) is 24.2 Å². The van der Waals surface area contributed by atoms with E-state index in [0.717, 1.165) is 36.6 Å². The summed E-state index contributed by atoms with van der Waals surface area (Å²) in [6.45, 7) is 7.47. The molecule has 0 saturated carbocycles. The first-order valence-corrected chi connectivity index (χ1v) is 10.1. The van der Waals surface area contributed by atoms with E-state index in [1.165, 1.54) is 0 Å². The molecular formula is C22H26ClN3O2. The number of halogens is 1. The van der Waals surface area contributed by atoms with Gasteiger partial charge < -0.3 is 10.2 Å². The molecule has 1 heterocycles. The molecule has 1 aliphatic rings. The van der Waals surface area contributed by atoms with Gasteiger partial charge in [0, 0.05) is 35.9 Å². The number of hydrogen-bond acceptors (Lipinski definition) is 3. The number of carbonyl (C=O) groups is 2. The summed E-state index contributed by atoms with van der Waals surface area (Å²) in [5.74, 6) is -0.530. The zero-order valence-electron chi connectivity index (χ0n) is 16.3. The predicted molar refractivity (Wildman–Crippen MR) is 114 cm³/mol. The lowest BCUT2D eigenvalue weighted by atomic mass is 10.1. The average molecular weight is 400 g/mol. The molecular weight excluding hydrogens is 374 g/mol. The Morgan fingerprint density at radius 2 is 1.89 bits per heavy atom. The summed E-state index contributed by atoms with van der Waals surface area (Å²) in [5, 5.41) is 3.60. The lowest BCUT2D eigenvalue weighted by Crippen LogP contribution is -2.28. The van der Waals surface area contributed by atoms with E-state index in [1.54, 1.807) is 29.2 Å². The van der Waals surface area contributed by atoms with Crippen molar-refractivity contribution in [3.05, 3.63) is 59.1 Å². The summed E-state index contributed by atoms with van der Waals surface area (Å²) in [6, 6.07) is 15.0. The summed E-state index contributed by atoms with van der Waals surface area (Å²) in [6.07, 6.45) is 0.216. The van der Waals surface area contributed by atoms with Gasteiger partial charge in [-0.1, -0.05) is 37.6 Å². The van der Waals surface area contributed by atoms with Crippen molar-refractivity contribution in [2.24, 2.45) is 5.92 Å². The topological polar surface area (TPSA) is 52.7 Å². The fourth-order valence-electron chi connectivity index (χ4n) is 3.45. The zero-order chi connectivity index (χ0) is 20.1. The highest BCUT2D eigenvalue weighted by Gasteiger charge is 2.35. The second-order valence-corrected chi connectivity index (χ2v) is 7.47. The first-order chi connectivity index (χ1) is 13.5. The molecule has 1 saturated heterocycles. The van der Waals surface area contributed by atoms with E-state index < -0.39 is 0 Å². The quantitative estimate of drug-likeness (QED) is 0.760. The predicted octanol–water partition coefficient (Wildman–Crippen LogP) is 4.17. The third kappa shape index (κ3) is 4.91. The van der Waals surface area contributed by atoms with E-state index in [2.05, 4.69) is 30.1 Å². The highest BCUT2D eigenvalue weighted by molar-refractivity contribution is 6.30. The molecule has 148 valence electrons. The number of rotatable bonds is 7. The molecule has 0 aliphatic carbocycles. The summed E-state index contributed by atoms with van der Waals surface area (Å²) >= 11 is 5.92. The maximum atomic E-state index is 12.7. The van der Waals surface area contributed by atoms with Gasteiger partial charge in [-0.05, 0) is 55.1 Å². The van der Waals surface area contributed by atoms with Crippen molar-refractivity contribution >= 4 is 34.8 Å². The average Bonchev–Trinajstić information content (AvgIpc) is 3.09. The normalized spacial score (nSPS) is 16.6. The number of anilines is 2. The van der Waals surface area contributed by atoms with Gasteiger partial charge in [-0.2, -0.15) is 0 Å². The molecule has 1 atom stereocenters. The fourth-order valence-corrected chi connectivity index (χ4v) is 3.58. The summed E-state index contributed by atoms with van der Waals surface area (Å²) in [5.41, 5.74) is 2.70. The minimum Gasteiger partial charge on any atom is -0.326 e. The van der Waals surface area contributed by atoms with E-state index in [1.807, 2.05) is 18.2 Å². The van der Waals surface area contributed by atoms with Gasteiger partial charge in [0.2, 0.25) is 11.8 Å². The van der Waals surface area contributed by atoms with Crippen LogP contribution >= 0.6 is 11.6 Å². The van der Waals surface area contributed by atoms with Gasteiger partial charge in [0.15, 0.2) is 0 Å². The largest absolute Gasteiger partial charge is 0.326 e. The Morgan fingerprint density at radius 1 is 1.18 bits per heavy atom. The monoisotopic (exact) mass is 399 g/mol. The summed E-state index contributed by atoms with van der Waals surface area (Å²) in [4.78, 5) is 29.1. The van der Waals surface area contributed by atoms with Crippen molar-refractivity contribution in [1.82, 2.24) is 4.90 Å². The van der Waals surface area contributed by atoms with Crippen molar-refractivity contribution in [3.8, 4) is 0 Å². The Hall–Kier alpha value is -2.37. The van der Waals surface area contributed by atoms with E-state index in [0.29, 0.717) is 11.6 Å². The molecule has 2 amide bonds. The number of nitrogens with one attached hydrogen (secondary N) is 1. The molecule has 28 heavy (non-hydrogen) atoms. The van der Waals surface area contributed by atoms with Crippen molar-refractivity contribution in [1.29, 1.82) is 0 Å². The summed E-state index contributed by atoms with van der Waals surface area (Å²) < 4.78 is 0. The first kappa shape index (κ1) is 20.4. The maximum absolute atomic E-state index is 12.7. The van der Waals surface area contributed by atoms with Crippen LogP contribution in [0.25, 0.3) is 0 Å². The van der Waals surface area contributed by atoms with Crippen LogP contribution in [0.2, 0.25) is 5.02 Å². The standard InChI is InChI=1S/C22H26ClN3O2/c1-3-25(4-2)14-16-6-5-7-19(12-16)24-22(28)17-13-21(27)26(15-17)20-10-8-18(23)9-11-20/h5-12,17H,3-4,13-15H2,1-2H3,(H,24,28). The van der Waals surface area contributed by atoms with Crippen LogP contribution in [0.3, 0.4) is 0 Å².